The maximum atomic E-state index is 13.0. The lowest BCUT2D eigenvalue weighted by molar-refractivity contribution is 0.0990. The molecule has 1 aromatic carbocycles. The predicted octanol–water partition coefficient (Wildman–Crippen LogP) is 2.09. The van der Waals surface area contributed by atoms with Gasteiger partial charge in [-0.25, -0.2) is 8.78 Å². The van der Waals surface area contributed by atoms with E-state index in [4.69, 9.17) is 0 Å². The van der Waals surface area contributed by atoms with Gasteiger partial charge in [-0.3, -0.25) is 4.79 Å². The van der Waals surface area contributed by atoms with Crippen molar-refractivity contribution in [2.45, 2.75) is 12.8 Å². The van der Waals surface area contributed by atoms with Gasteiger partial charge >= 0.3 is 0 Å². The molecule has 0 saturated heterocycles. The van der Waals surface area contributed by atoms with Crippen LogP contribution in [-0.4, -0.2) is 5.78 Å². The van der Waals surface area contributed by atoms with Crippen LogP contribution in [0.2, 0.25) is 0 Å². The zero-order valence-corrected chi connectivity index (χ0v) is 6.23. The molecule has 2 rings (SSSR count). The van der Waals surface area contributed by atoms with Crippen LogP contribution in [0.3, 0.4) is 0 Å². The lowest BCUT2D eigenvalue weighted by atomic mass is 10.1. The number of carbonyl (C=O) groups is 1. The summed E-state index contributed by atoms with van der Waals surface area (Å²) in [6.07, 6.45) is 0.834. The number of hydrogen-bond donors (Lipinski definition) is 0. The Labute approximate surface area is 68.0 Å². The van der Waals surface area contributed by atoms with E-state index >= 15 is 0 Å². The van der Waals surface area contributed by atoms with Crippen molar-refractivity contribution in [3.05, 3.63) is 34.9 Å². The topological polar surface area (TPSA) is 17.1 Å². The average molecular weight is 168 g/mol. The van der Waals surface area contributed by atoms with Crippen LogP contribution in [0.1, 0.15) is 22.3 Å². The van der Waals surface area contributed by atoms with E-state index in [1.807, 2.05) is 0 Å². The van der Waals surface area contributed by atoms with Gasteiger partial charge in [-0.15, -0.1) is 0 Å². The van der Waals surface area contributed by atoms with Gasteiger partial charge in [-0.05, 0) is 18.1 Å². The fraction of sp³-hybridized carbons (Fsp3) is 0.222. The summed E-state index contributed by atoms with van der Waals surface area (Å²) < 4.78 is 25.6. The van der Waals surface area contributed by atoms with Crippen LogP contribution in [0.15, 0.2) is 12.1 Å². The Balaban J connectivity index is 2.71. The Morgan fingerprint density at radius 2 is 1.92 bits per heavy atom. The summed E-state index contributed by atoms with van der Waals surface area (Å²) in [5.41, 5.74) is 0.578. The number of carbonyl (C=O) groups excluding carboxylic acids is 1. The molecule has 1 nitrogen and oxygen atoms in total. The Morgan fingerprint density at radius 1 is 1.17 bits per heavy atom. The molecule has 0 amide bonds. The van der Waals surface area contributed by atoms with E-state index < -0.39 is 11.6 Å². The van der Waals surface area contributed by atoms with Gasteiger partial charge in [0.15, 0.2) is 17.4 Å². The fourth-order valence-corrected chi connectivity index (χ4v) is 1.47. The molecule has 0 aromatic heterocycles. The van der Waals surface area contributed by atoms with Crippen molar-refractivity contribution in [3.8, 4) is 0 Å². The second-order valence-electron chi connectivity index (χ2n) is 2.82. The van der Waals surface area contributed by atoms with Crippen LogP contribution >= 0.6 is 0 Å². The molecule has 0 aliphatic heterocycles. The minimum absolute atomic E-state index is 0.0463. The Bertz CT molecular complexity index is 358. The zero-order chi connectivity index (χ0) is 8.72. The van der Waals surface area contributed by atoms with Crippen molar-refractivity contribution in [2.24, 2.45) is 0 Å². The summed E-state index contributed by atoms with van der Waals surface area (Å²) in [6, 6.07) is 2.53. The molecular formula is C9H6F2O. The normalized spacial score (nSPS) is 15.0. The fourth-order valence-electron chi connectivity index (χ4n) is 1.47. The van der Waals surface area contributed by atoms with Crippen LogP contribution in [0.5, 0.6) is 0 Å². The van der Waals surface area contributed by atoms with E-state index in [0.29, 0.717) is 18.4 Å². The quantitative estimate of drug-likeness (QED) is 0.579. The Hall–Kier alpha value is -1.25. The standard InChI is InChI=1S/C9H6F2O/c10-6-3-1-5-2-4-7(12)8(5)9(6)11/h1,3H,2,4H2. The first-order chi connectivity index (χ1) is 5.70. The number of halogens is 2. The summed E-state index contributed by atoms with van der Waals surface area (Å²) in [5.74, 6) is -2.22. The molecule has 0 N–H and O–H groups in total. The lowest BCUT2D eigenvalue weighted by Crippen LogP contribution is -1.98. The predicted molar refractivity (Wildman–Crippen MR) is 39.0 cm³/mol. The molecular weight excluding hydrogens is 162 g/mol. The molecule has 0 atom stereocenters. The first-order valence-corrected chi connectivity index (χ1v) is 3.70. The average Bonchev–Trinajstić information content (AvgIpc) is 2.41. The van der Waals surface area contributed by atoms with Crippen LogP contribution in [0.25, 0.3) is 0 Å². The number of rotatable bonds is 0. The number of hydrogen-bond acceptors (Lipinski definition) is 1. The summed E-state index contributed by atoms with van der Waals surface area (Å²) in [5, 5.41) is 0. The first-order valence-electron chi connectivity index (χ1n) is 3.70. The van der Waals surface area contributed by atoms with Gasteiger partial charge in [0.05, 0.1) is 5.56 Å². The van der Waals surface area contributed by atoms with Gasteiger partial charge in [0, 0.05) is 6.42 Å². The molecule has 3 heteroatoms. The molecule has 0 spiro atoms. The molecule has 62 valence electrons. The third kappa shape index (κ3) is 0.858. The van der Waals surface area contributed by atoms with E-state index in [1.54, 1.807) is 0 Å². The SMILES string of the molecule is O=C1CCc2ccc(F)c(F)c21. The summed E-state index contributed by atoms with van der Waals surface area (Å²) in [4.78, 5) is 11.0. The number of benzene rings is 1. The summed E-state index contributed by atoms with van der Waals surface area (Å²) in [7, 11) is 0. The van der Waals surface area contributed by atoms with Crippen LogP contribution in [-0.2, 0) is 6.42 Å². The van der Waals surface area contributed by atoms with Gasteiger partial charge in [-0.1, -0.05) is 6.07 Å². The van der Waals surface area contributed by atoms with Crippen LogP contribution in [0.4, 0.5) is 8.78 Å². The maximum Gasteiger partial charge on any atom is 0.169 e. The molecule has 1 aromatic rings. The molecule has 1 aliphatic carbocycles. The van der Waals surface area contributed by atoms with Crippen LogP contribution < -0.4 is 0 Å². The highest BCUT2D eigenvalue weighted by atomic mass is 19.2. The molecule has 0 radical (unpaired) electrons. The first kappa shape index (κ1) is 7.40. The van der Waals surface area contributed by atoms with Gasteiger partial charge in [0.1, 0.15) is 0 Å². The Morgan fingerprint density at radius 3 is 2.67 bits per heavy atom. The zero-order valence-electron chi connectivity index (χ0n) is 6.23. The number of Topliss-reactive ketones (excluding diaryl/α,β-unsaturated/α-hetero) is 1. The van der Waals surface area contributed by atoms with E-state index in [9.17, 15) is 13.6 Å². The highest BCUT2D eigenvalue weighted by Gasteiger charge is 2.25. The molecule has 0 saturated carbocycles. The molecule has 12 heavy (non-hydrogen) atoms. The molecule has 0 bridgehead atoms. The number of fused-ring (bicyclic) bond motifs is 1. The van der Waals surface area contributed by atoms with Gasteiger partial charge < -0.3 is 0 Å². The smallest absolute Gasteiger partial charge is 0.169 e. The Kier molecular flexibility index (Phi) is 1.46. The monoisotopic (exact) mass is 168 g/mol. The largest absolute Gasteiger partial charge is 0.294 e. The molecule has 0 fully saturated rings. The summed E-state index contributed by atoms with van der Waals surface area (Å²) in [6.45, 7) is 0. The molecule has 0 heterocycles. The molecule has 0 unspecified atom stereocenters. The van der Waals surface area contributed by atoms with E-state index in [0.717, 1.165) is 6.07 Å². The number of aryl methyl sites for hydroxylation is 1. The van der Waals surface area contributed by atoms with Gasteiger partial charge in [0.2, 0.25) is 0 Å². The summed E-state index contributed by atoms with van der Waals surface area (Å²) >= 11 is 0. The third-order valence-corrected chi connectivity index (χ3v) is 2.08. The minimum Gasteiger partial charge on any atom is -0.294 e. The molecule has 1 aliphatic rings. The van der Waals surface area contributed by atoms with Crippen molar-refractivity contribution in [1.29, 1.82) is 0 Å². The third-order valence-electron chi connectivity index (χ3n) is 2.08. The van der Waals surface area contributed by atoms with E-state index in [-0.39, 0.29) is 11.3 Å². The van der Waals surface area contributed by atoms with Crippen molar-refractivity contribution >= 4 is 5.78 Å². The van der Waals surface area contributed by atoms with Crippen molar-refractivity contribution in [3.63, 3.8) is 0 Å². The highest BCUT2D eigenvalue weighted by molar-refractivity contribution is 6.00. The van der Waals surface area contributed by atoms with Crippen molar-refractivity contribution in [1.82, 2.24) is 0 Å². The number of ketones is 1. The van der Waals surface area contributed by atoms with Crippen molar-refractivity contribution in [2.75, 3.05) is 0 Å². The maximum absolute atomic E-state index is 13.0. The second kappa shape index (κ2) is 2.37. The van der Waals surface area contributed by atoms with Crippen LogP contribution in [0, 0.1) is 11.6 Å². The van der Waals surface area contributed by atoms with Crippen molar-refractivity contribution < 1.29 is 13.6 Å². The minimum atomic E-state index is -0.991. The second-order valence-corrected chi connectivity index (χ2v) is 2.82. The lowest BCUT2D eigenvalue weighted by Gasteiger charge is -1.98. The highest BCUT2D eigenvalue weighted by Crippen LogP contribution is 2.25. The van der Waals surface area contributed by atoms with E-state index in [1.165, 1.54) is 6.07 Å². The van der Waals surface area contributed by atoms with Gasteiger partial charge in [0.25, 0.3) is 0 Å². The van der Waals surface area contributed by atoms with E-state index in [2.05, 4.69) is 0 Å². The van der Waals surface area contributed by atoms with Gasteiger partial charge in [-0.2, -0.15) is 0 Å².